The average molecular weight is 319 g/mol. The van der Waals surface area contributed by atoms with Crippen LogP contribution in [0.25, 0.3) is 0 Å². The van der Waals surface area contributed by atoms with E-state index >= 15 is 0 Å². The van der Waals surface area contributed by atoms with Crippen LogP contribution in [0.15, 0.2) is 10.8 Å². The van der Waals surface area contributed by atoms with Gasteiger partial charge in [0.2, 0.25) is 0 Å². The summed E-state index contributed by atoms with van der Waals surface area (Å²) in [6.45, 7) is 3.31. The second kappa shape index (κ2) is 8.23. The van der Waals surface area contributed by atoms with Crippen LogP contribution in [0.5, 0.6) is 0 Å². The van der Waals surface area contributed by atoms with Crippen LogP contribution in [0.2, 0.25) is 0 Å². The largest absolute Gasteiger partial charge is 0.394 e. The number of halogens is 1. The van der Waals surface area contributed by atoms with E-state index in [0.29, 0.717) is 12.4 Å². The molecule has 0 aliphatic rings. The first-order chi connectivity index (χ1) is 8.72. The zero-order chi connectivity index (χ0) is 13.4. The Kier molecular flexibility index (Phi) is 6.92. The number of anilines is 2. The standard InChI is InChI=1S/C11H19BrN4O2/c1-3-4-13-10-9(12)11(15-7-14-10)16-8(5-17)6-18-2/h7-8,17H,3-6H2,1-2H3,(H2,13,14,15,16). The monoisotopic (exact) mass is 318 g/mol. The summed E-state index contributed by atoms with van der Waals surface area (Å²) in [5.41, 5.74) is 0. The van der Waals surface area contributed by atoms with Gasteiger partial charge in [0.1, 0.15) is 22.4 Å². The van der Waals surface area contributed by atoms with E-state index in [2.05, 4.69) is 43.5 Å². The molecule has 1 aromatic heterocycles. The van der Waals surface area contributed by atoms with Gasteiger partial charge in [-0.1, -0.05) is 6.92 Å². The van der Waals surface area contributed by atoms with Gasteiger partial charge in [0.15, 0.2) is 0 Å². The molecule has 3 N–H and O–H groups in total. The van der Waals surface area contributed by atoms with Crippen LogP contribution in [0.4, 0.5) is 11.6 Å². The highest BCUT2D eigenvalue weighted by molar-refractivity contribution is 9.10. The number of aliphatic hydroxyl groups is 1. The first-order valence-electron chi connectivity index (χ1n) is 5.83. The molecule has 1 heterocycles. The summed E-state index contributed by atoms with van der Waals surface area (Å²) in [4.78, 5) is 8.29. The Morgan fingerprint density at radius 1 is 1.44 bits per heavy atom. The molecule has 0 saturated heterocycles. The Labute approximate surface area is 115 Å². The SMILES string of the molecule is CCCNc1ncnc(NC(CO)COC)c1Br. The number of nitrogens with zero attached hydrogens (tertiary/aromatic N) is 2. The van der Waals surface area contributed by atoms with Gasteiger partial charge in [0, 0.05) is 13.7 Å². The Hall–Kier alpha value is -0.920. The molecule has 0 aliphatic carbocycles. The lowest BCUT2D eigenvalue weighted by Gasteiger charge is -2.17. The molecule has 0 spiro atoms. The smallest absolute Gasteiger partial charge is 0.146 e. The van der Waals surface area contributed by atoms with Crippen molar-refractivity contribution in [1.29, 1.82) is 0 Å². The van der Waals surface area contributed by atoms with Gasteiger partial charge >= 0.3 is 0 Å². The molecule has 0 radical (unpaired) electrons. The molecule has 1 rings (SSSR count). The number of rotatable bonds is 8. The minimum absolute atomic E-state index is 0.0258. The van der Waals surface area contributed by atoms with Gasteiger partial charge in [0.05, 0.1) is 19.3 Å². The van der Waals surface area contributed by atoms with Crippen molar-refractivity contribution < 1.29 is 9.84 Å². The number of aromatic nitrogens is 2. The molecule has 1 unspecified atom stereocenters. The fourth-order valence-electron chi connectivity index (χ4n) is 1.37. The second-order valence-electron chi connectivity index (χ2n) is 3.79. The van der Waals surface area contributed by atoms with Crippen molar-refractivity contribution in [3.8, 4) is 0 Å². The van der Waals surface area contributed by atoms with E-state index < -0.39 is 0 Å². The fraction of sp³-hybridized carbons (Fsp3) is 0.636. The van der Waals surface area contributed by atoms with Crippen molar-refractivity contribution in [3.63, 3.8) is 0 Å². The number of nitrogens with one attached hydrogen (secondary N) is 2. The highest BCUT2D eigenvalue weighted by Gasteiger charge is 2.12. The van der Waals surface area contributed by atoms with E-state index in [0.717, 1.165) is 23.3 Å². The van der Waals surface area contributed by atoms with E-state index in [1.807, 2.05) is 0 Å². The summed E-state index contributed by atoms with van der Waals surface area (Å²) in [5, 5.41) is 15.5. The summed E-state index contributed by atoms with van der Waals surface area (Å²) in [6.07, 6.45) is 2.49. The highest BCUT2D eigenvalue weighted by atomic mass is 79.9. The second-order valence-corrected chi connectivity index (χ2v) is 4.58. The van der Waals surface area contributed by atoms with E-state index in [-0.39, 0.29) is 12.6 Å². The summed E-state index contributed by atoms with van der Waals surface area (Å²) in [5.74, 6) is 1.38. The molecule has 0 aromatic carbocycles. The Bertz CT molecular complexity index is 365. The predicted molar refractivity (Wildman–Crippen MR) is 74.9 cm³/mol. The summed E-state index contributed by atoms with van der Waals surface area (Å²) < 4.78 is 5.76. The van der Waals surface area contributed by atoms with Gasteiger partial charge in [-0.15, -0.1) is 0 Å². The molecule has 102 valence electrons. The first kappa shape index (κ1) is 15.1. The Balaban J connectivity index is 2.75. The molecule has 6 nitrogen and oxygen atoms in total. The van der Waals surface area contributed by atoms with Crippen molar-refractivity contribution in [2.24, 2.45) is 0 Å². The number of hydrogen-bond acceptors (Lipinski definition) is 6. The maximum absolute atomic E-state index is 9.20. The normalized spacial score (nSPS) is 12.2. The lowest BCUT2D eigenvalue weighted by atomic mass is 10.3. The Morgan fingerprint density at radius 2 is 2.17 bits per heavy atom. The third-order valence-electron chi connectivity index (χ3n) is 2.26. The molecule has 18 heavy (non-hydrogen) atoms. The molecule has 0 aliphatic heterocycles. The number of ether oxygens (including phenoxy) is 1. The number of methoxy groups -OCH3 is 1. The van der Waals surface area contributed by atoms with Crippen LogP contribution in [0.1, 0.15) is 13.3 Å². The van der Waals surface area contributed by atoms with E-state index in [1.54, 1.807) is 7.11 Å². The lowest BCUT2D eigenvalue weighted by molar-refractivity contribution is 0.153. The van der Waals surface area contributed by atoms with Crippen molar-refractivity contribution in [2.45, 2.75) is 19.4 Å². The molecular formula is C11H19BrN4O2. The highest BCUT2D eigenvalue weighted by Crippen LogP contribution is 2.26. The van der Waals surface area contributed by atoms with Crippen LogP contribution >= 0.6 is 15.9 Å². The average Bonchev–Trinajstić information content (AvgIpc) is 2.39. The summed E-state index contributed by atoms with van der Waals surface area (Å²) in [6, 6.07) is -0.194. The molecular weight excluding hydrogens is 300 g/mol. The van der Waals surface area contributed by atoms with E-state index in [1.165, 1.54) is 6.33 Å². The minimum atomic E-state index is -0.194. The maximum atomic E-state index is 9.20. The fourth-order valence-corrected chi connectivity index (χ4v) is 1.83. The van der Waals surface area contributed by atoms with Crippen LogP contribution in [-0.2, 0) is 4.74 Å². The van der Waals surface area contributed by atoms with Gasteiger partial charge in [-0.2, -0.15) is 0 Å². The summed E-state index contributed by atoms with van der Waals surface area (Å²) >= 11 is 3.45. The molecule has 0 amide bonds. The number of aliphatic hydroxyl groups excluding tert-OH is 1. The topological polar surface area (TPSA) is 79.3 Å². The molecule has 0 fully saturated rings. The quantitative estimate of drug-likeness (QED) is 0.674. The van der Waals surface area contributed by atoms with Crippen LogP contribution in [-0.4, -0.2) is 48.0 Å². The lowest BCUT2D eigenvalue weighted by Crippen LogP contribution is -2.29. The van der Waals surface area contributed by atoms with Crippen LogP contribution in [0, 0.1) is 0 Å². The van der Waals surface area contributed by atoms with Crippen molar-refractivity contribution in [3.05, 3.63) is 10.8 Å². The van der Waals surface area contributed by atoms with Gasteiger partial charge < -0.3 is 20.5 Å². The predicted octanol–water partition coefficient (Wildman–Crippen LogP) is 1.48. The summed E-state index contributed by atoms with van der Waals surface area (Å²) in [7, 11) is 1.59. The molecule has 0 saturated carbocycles. The van der Waals surface area contributed by atoms with Gasteiger partial charge in [-0.25, -0.2) is 9.97 Å². The van der Waals surface area contributed by atoms with Crippen molar-refractivity contribution >= 4 is 27.6 Å². The zero-order valence-corrected chi connectivity index (χ0v) is 12.2. The third kappa shape index (κ3) is 4.40. The van der Waals surface area contributed by atoms with E-state index in [9.17, 15) is 5.11 Å². The molecule has 1 atom stereocenters. The van der Waals surface area contributed by atoms with Crippen molar-refractivity contribution in [1.82, 2.24) is 9.97 Å². The van der Waals surface area contributed by atoms with Gasteiger partial charge in [-0.3, -0.25) is 0 Å². The molecule has 1 aromatic rings. The van der Waals surface area contributed by atoms with Crippen LogP contribution < -0.4 is 10.6 Å². The molecule has 7 heteroatoms. The first-order valence-corrected chi connectivity index (χ1v) is 6.62. The Morgan fingerprint density at radius 3 is 2.78 bits per heavy atom. The third-order valence-corrected chi connectivity index (χ3v) is 3.01. The van der Waals surface area contributed by atoms with Crippen molar-refractivity contribution in [2.75, 3.05) is 37.5 Å². The van der Waals surface area contributed by atoms with E-state index in [4.69, 9.17) is 4.74 Å². The van der Waals surface area contributed by atoms with Gasteiger partial charge in [-0.05, 0) is 22.4 Å². The maximum Gasteiger partial charge on any atom is 0.146 e. The van der Waals surface area contributed by atoms with Gasteiger partial charge in [0.25, 0.3) is 0 Å². The van der Waals surface area contributed by atoms with Crippen LogP contribution in [0.3, 0.4) is 0 Å². The zero-order valence-electron chi connectivity index (χ0n) is 10.6. The molecule has 0 bridgehead atoms. The minimum Gasteiger partial charge on any atom is -0.394 e. The number of hydrogen-bond donors (Lipinski definition) is 3.